The highest BCUT2D eigenvalue weighted by molar-refractivity contribution is 7.90. The number of ether oxygens (including phenoxy) is 1. The van der Waals surface area contributed by atoms with E-state index in [0.29, 0.717) is 11.3 Å². The van der Waals surface area contributed by atoms with E-state index in [1.54, 1.807) is 30.3 Å². The first-order valence-electron chi connectivity index (χ1n) is 5.91. The van der Waals surface area contributed by atoms with Crippen LogP contribution in [0.25, 0.3) is 0 Å². The van der Waals surface area contributed by atoms with Crippen molar-refractivity contribution in [2.24, 2.45) is 0 Å². The topological polar surface area (TPSA) is 67.2 Å². The smallest absolute Gasteiger partial charge is 0.183 e. The zero-order chi connectivity index (χ0) is 14.6. The highest BCUT2D eigenvalue weighted by Gasteiger charge is 2.20. The molecule has 4 nitrogen and oxygen atoms in total. The molecule has 2 rings (SSSR count). The van der Waals surface area contributed by atoms with Crippen molar-refractivity contribution in [3.8, 4) is 11.8 Å². The number of nitriles is 1. The second kappa shape index (κ2) is 5.76. The zero-order valence-corrected chi connectivity index (χ0v) is 11.7. The van der Waals surface area contributed by atoms with Gasteiger partial charge in [0, 0.05) is 6.07 Å². The summed E-state index contributed by atoms with van der Waals surface area (Å²) in [6, 6.07) is 15.2. The molecule has 0 N–H and O–H groups in total. The van der Waals surface area contributed by atoms with Crippen molar-refractivity contribution in [3.05, 3.63) is 59.7 Å². The first-order chi connectivity index (χ1) is 9.56. The molecule has 0 saturated carbocycles. The average Bonchev–Trinajstić information content (AvgIpc) is 2.47. The zero-order valence-electron chi connectivity index (χ0n) is 10.9. The van der Waals surface area contributed by atoms with Gasteiger partial charge >= 0.3 is 0 Å². The van der Waals surface area contributed by atoms with E-state index in [2.05, 4.69) is 0 Å². The normalized spacial score (nSPS) is 10.8. The van der Waals surface area contributed by atoms with E-state index in [1.807, 2.05) is 12.1 Å². The molecule has 0 atom stereocenters. The molecule has 0 spiro atoms. The van der Waals surface area contributed by atoms with E-state index < -0.39 is 9.84 Å². The van der Waals surface area contributed by atoms with Crippen LogP contribution < -0.4 is 4.74 Å². The van der Waals surface area contributed by atoms with E-state index >= 15 is 0 Å². The molecular weight excluding hydrogens is 274 g/mol. The van der Waals surface area contributed by atoms with Crippen molar-refractivity contribution < 1.29 is 13.2 Å². The van der Waals surface area contributed by atoms with Crippen LogP contribution in [0.5, 0.6) is 5.75 Å². The summed E-state index contributed by atoms with van der Waals surface area (Å²) in [5.74, 6) is 0.269. The number of hydrogen-bond acceptors (Lipinski definition) is 4. The van der Waals surface area contributed by atoms with Crippen LogP contribution in [-0.4, -0.2) is 15.5 Å². The average molecular weight is 287 g/mol. The van der Waals surface area contributed by atoms with Gasteiger partial charge in [-0.3, -0.25) is 0 Å². The minimum Gasteiger partial charge on any atom is -0.497 e. The lowest BCUT2D eigenvalue weighted by Gasteiger charge is -2.08. The van der Waals surface area contributed by atoms with E-state index in [4.69, 9.17) is 10.00 Å². The summed E-state index contributed by atoms with van der Waals surface area (Å²) < 4.78 is 29.9. The molecular formula is C15H13NO3S. The van der Waals surface area contributed by atoms with Crippen LogP contribution in [-0.2, 0) is 15.6 Å². The van der Waals surface area contributed by atoms with Crippen molar-refractivity contribution in [2.45, 2.75) is 10.6 Å². The predicted molar refractivity (Wildman–Crippen MR) is 75.0 cm³/mol. The second-order valence-electron chi connectivity index (χ2n) is 4.22. The minimum absolute atomic E-state index is 0.00297. The molecule has 5 heteroatoms. The largest absolute Gasteiger partial charge is 0.497 e. The molecule has 0 radical (unpaired) electrons. The van der Waals surface area contributed by atoms with Gasteiger partial charge in [0.15, 0.2) is 9.84 Å². The van der Waals surface area contributed by atoms with E-state index in [-0.39, 0.29) is 16.2 Å². The van der Waals surface area contributed by atoms with E-state index in [0.717, 1.165) is 0 Å². The maximum atomic E-state index is 12.4. The van der Waals surface area contributed by atoms with Crippen LogP contribution in [0, 0.1) is 11.3 Å². The fourth-order valence-electron chi connectivity index (χ4n) is 1.85. The Kier molecular flexibility index (Phi) is 4.06. The SMILES string of the molecule is COc1ccc(C#N)c(S(=O)(=O)Cc2ccccc2)c1. The summed E-state index contributed by atoms with van der Waals surface area (Å²) in [5, 5.41) is 9.06. The van der Waals surface area contributed by atoms with Crippen molar-refractivity contribution in [1.82, 2.24) is 0 Å². The van der Waals surface area contributed by atoms with Crippen molar-refractivity contribution in [3.63, 3.8) is 0 Å². The number of methoxy groups -OCH3 is 1. The van der Waals surface area contributed by atoms with Gasteiger partial charge in [0.1, 0.15) is 11.8 Å². The molecule has 2 aromatic rings. The number of benzene rings is 2. The van der Waals surface area contributed by atoms with Gasteiger partial charge in [0.2, 0.25) is 0 Å². The van der Waals surface area contributed by atoms with Gasteiger partial charge in [-0.1, -0.05) is 30.3 Å². The third-order valence-corrected chi connectivity index (χ3v) is 4.57. The van der Waals surface area contributed by atoms with Crippen molar-refractivity contribution in [1.29, 1.82) is 5.26 Å². The number of nitrogens with zero attached hydrogens (tertiary/aromatic N) is 1. The van der Waals surface area contributed by atoms with Crippen LogP contribution in [0.1, 0.15) is 11.1 Å². The van der Waals surface area contributed by atoms with Gasteiger partial charge in [-0.25, -0.2) is 8.42 Å². The Labute approximate surface area is 118 Å². The fraction of sp³-hybridized carbons (Fsp3) is 0.133. The quantitative estimate of drug-likeness (QED) is 0.866. The lowest BCUT2D eigenvalue weighted by Crippen LogP contribution is -2.07. The Bertz CT molecular complexity index is 746. The van der Waals surface area contributed by atoms with E-state index in [9.17, 15) is 8.42 Å². The summed E-state index contributed by atoms with van der Waals surface area (Å²) in [4.78, 5) is 0.00297. The lowest BCUT2D eigenvalue weighted by molar-refractivity contribution is 0.413. The molecule has 0 fully saturated rings. The standard InChI is InChI=1S/C15H13NO3S/c1-19-14-8-7-13(10-16)15(9-14)20(17,18)11-12-5-3-2-4-6-12/h2-9H,11H2,1H3. The molecule has 0 saturated heterocycles. The first-order valence-corrected chi connectivity index (χ1v) is 7.57. The molecule has 0 unspecified atom stereocenters. The maximum Gasteiger partial charge on any atom is 0.183 e. The summed E-state index contributed by atoms with van der Waals surface area (Å²) in [6.45, 7) is 0. The minimum atomic E-state index is -3.59. The number of rotatable bonds is 4. The third-order valence-electron chi connectivity index (χ3n) is 2.84. The Hall–Kier alpha value is -2.32. The summed E-state index contributed by atoms with van der Waals surface area (Å²) in [6.07, 6.45) is 0. The Balaban J connectivity index is 2.46. The molecule has 2 aromatic carbocycles. The molecule has 0 aliphatic rings. The summed E-state index contributed by atoms with van der Waals surface area (Å²) in [7, 11) is -2.14. The van der Waals surface area contributed by atoms with Crippen LogP contribution in [0.4, 0.5) is 0 Å². The highest BCUT2D eigenvalue weighted by atomic mass is 32.2. The molecule has 20 heavy (non-hydrogen) atoms. The van der Waals surface area contributed by atoms with Crippen LogP contribution >= 0.6 is 0 Å². The second-order valence-corrected chi connectivity index (χ2v) is 6.18. The van der Waals surface area contributed by atoms with Gasteiger partial charge in [-0.05, 0) is 17.7 Å². The Morgan fingerprint density at radius 3 is 2.45 bits per heavy atom. The number of hydrogen-bond donors (Lipinski definition) is 0. The molecule has 0 heterocycles. The van der Waals surface area contributed by atoms with Gasteiger partial charge in [-0.2, -0.15) is 5.26 Å². The molecule has 0 aliphatic carbocycles. The summed E-state index contributed by atoms with van der Waals surface area (Å²) >= 11 is 0. The number of sulfone groups is 1. The van der Waals surface area contributed by atoms with E-state index in [1.165, 1.54) is 19.2 Å². The molecule has 0 amide bonds. The van der Waals surface area contributed by atoms with Gasteiger partial charge < -0.3 is 4.74 Å². The van der Waals surface area contributed by atoms with Crippen molar-refractivity contribution in [2.75, 3.05) is 7.11 Å². The van der Waals surface area contributed by atoms with Crippen LogP contribution in [0.2, 0.25) is 0 Å². The summed E-state index contributed by atoms with van der Waals surface area (Å²) in [5.41, 5.74) is 0.806. The first kappa shape index (κ1) is 14.1. The maximum absolute atomic E-state index is 12.4. The Morgan fingerprint density at radius 2 is 1.85 bits per heavy atom. The molecule has 0 aliphatic heterocycles. The molecule has 0 bridgehead atoms. The molecule has 0 aromatic heterocycles. The fourth-order valence-corrected chi connectivity index (χ4v) is 3.38. The van der Waals surface area contributed by atoms with Gasteiger partial charge in [0.25, 0.3) is 0 Å². The van der Waals surface area contributed by atoms with Gasteiger partial charge in [0.05, 0.1) is 23.3 Å². The third kappa shape index (κ3) is 2.98. The molecule has 102 valence electrons. The van der Waals surface area contributed by atoms with Crippen LogP contribution in [0.15, 0.2) is 53.4 Å². The Morgan fingerprint density at radius 1 is 1.15 bits per heavy atom. The predicted octanol–water partition coefficient (Wildman–Crippen LogP) is 2.54. The monoisotopic (exact) mass is 287 g/mol. The van der Waals surface area contributed by atoms with Gasteiger partial charge in [-0.15, -0.1) is 0 Å². The highest BCUT2D eigenvalue weighted by Crippen LogP contribution is 2.24. The lowest BCUT2D eigenvalue weighted by atomic mass is 10.2. The van der Waals surface area contributed by atoms with Crippen LogP contribution in [0.3, 0.4) is 0 Å². The van der Waals surface area contributed by atoms with Crippen molar-refractivity contribution >= 4 is 9.84 Å².